The lowest BCUT2D eigenvalue weighted by molar-refractivity contribution is 0.0686. The summed E-state index contributed by atoms with van der Waals surface area (Å²) in [6.45, 7) is 5.37. The van der Waals surface area contributed by atoms with Crippen LogP contribution in [0.1, 0.15) is 34.6 Å². The first-order valence-corrected chi connectivity index (χ1v) is 9.61. The number of carboxylic acids is 2. The quantitative estimate of drug-likeness (QED) is 0.404. The van der Waals surface area contributed by atoms with Gasteiger partial charge in [0.1, 0.15) is 0 Å². The van der Waals surface area contributed by atoms with E-state index in [-0.39, 0.29) is 23.0 Å². The number of nitrogens with one attached hydrogen (secondary N) is 2. The van der Waals surface area contributed by atoms with Crippen molar-refractivity contribution in [1.29, 1.82) is 0 Å². The van der Waals surface area contributed by atoms with E-state index in [9.17, 15) is 9.59 Å². The highest BCUT2D eigenvalue weighted by Crippen LogP contribution is 2.21. The summed E-state index contributed by atoms with van der Waals surface area (Å²) in [4.78, 5) is 37.3. The van der Waals surface area contributed by atoms with Gasteiger partial charge in [-0.2, -0.15) is 15.0 Å². The number of carbonyl (C=O) groups is 2. The lowest BCUT2D eigenvalue weighted by Gasteiger charge is -2.20. The molecule has 0 amide bonds. The van der Waals surface area contributed by atoms with Crippen molar-refractivity contribution in [2.45, 2.75) is 13.8 Å². The zero-order valence-corrected chi connectivity index (χ0v) is 17.0. The van der Waals surface area contributed by atoms with Crippen LogP contribution < -0.4 is 15.5 Å². The van der Waals surface area contributed by atoms with Gasteiger partial charge in [0.2, 0.25) is 17.8 Å². The van der Waals surface area contributed by atoms with Crippen LogP contribution in [0.4, 0.5) is 29.2 Å². The number of anilines is 5. The molecule has 1 heterocycles. The third-order valence-corrected chi connectivity index (χ3v) is 4.45. The summed E-state index contributed by atoms with van der Waals surface area (Å²) < 4.78 is 0. The molecule has 0 bridgehead atoms. The Morgan fingerprint density at radius 1 is 0.742 bits per heavy atom. The maximum absolute atomic E-state index is 11.0. The summed E-state index contributed by atoms with van der Waals surface area (Å²) in [6, 6.07) is 12.5. The number of benzene rings is 2. The number of hydrogen-bond acceptors (Lipinski definition) is 8. The summed E-state index contributed by atoms with van der Waals surface area (Å²) in [7, 11) is 0. The van der Waals surface area contributed by atoms with E-state index < -0.39 is 11.9 Å². The van der Waals surface area contributed by atoms with Crippen molar-refractivity contribution in [1.82, 2.24) is 15.0 Å². The predicted molar refractivity (Wildman–Crippen MR) is 117 cm³/mol. The molecule has 4 N–H and O–H groups in total. The topological polar surface area (TPSA) is 141 Å². The molecule has 1 aromatic heterocycles. The van der Waals surface area contributed by atoms with Crippen LogP contribution in [0.3, 0.4) is 0 Å². The fourth-order valence-corrected chi connectivity index (χ4v) is 2.77. The monoisotopic (exact) mass is 422 g/mol. The molecule has 0 aliphatic heterocycles. The van der Waals surface area contributed by atoms with E-state index in [1.54, 1.807) is 24.3 Å². The summed E-state index contributed by atoms with van der Waals surface area (Å²) in [5, 5.41) is 24.2. The van der Waals surface area contributed by atoms with Crippen LogP contribution in [0, 0.1) is 0 Å². The van der Waals surface area contributed by atoms with Crippen molar-refractivity contribution in [3.05, 3.63) is 59.7 Å². The molecule has 2 aromatic carbocycles. The molecule has 10 heteroatoms. The highest BCUT2D eigenvalue weighted by atomic mass is 16.4. The Balaban J connectivity index is 1.90. The minimum atomic E-state index is -1.00. The first-order chi connectivity index (χ1) is 14.9. The Morgan fingerprint density at radius 2 is 1.13 bits per heavy atom. The second kappa shape index (κ2) is 9.53. The molecule has 0 aliphatic carbocycles. The van der Waals surface area contributed by atoms with Crippen molar-refractivity contribution in [3.8, 4) is 0 Å². The number of nitrogens with zero attached hydrogens (tertiary/aromatic N) is 4. The van der Waals surface area contributed by atoms with Gasteiger partial charge >= 0.3 is 11.9 Å². The van der Waals surface area contributed by atoms with Crippen molar-refractivity contribution in [2.75, 3.05) is 28.6 Å². The molecule has 0 unspecified atom stereocenters. The van der Waals surface area contributed by atoms with Gasteiger partial charge in [-0.3, -0.25) is 0 Å². The standard InChI is InChI=1S/C21H22N6O4/c1-3-27(4-2)21-25-19(22-15-9-5-13(6-10-15)17(28)29)24-20(26-21)23-16-11-7-14(8-12-16)18(30)31/h5-12H,3-4H2,1-2H3,(H,28,29)(H,30,31)(H2,22,23,24,25,26). The smallest absolute Gasteiger partial charge is 0.335 e. The van der Waals surface area contributed by atoms with E-state index >= 15 is 0 Å². The van der Waals surface area contributed by atoms with Gasteiger partial charge in [-0.25, -0.2) is 9.59 Å². The maximum Gasteiger partial charge on any atom is 0.335 e. The molecule has 31 heavy (non-hydrogen) atoms. The average Bonchev–Trinajstić information content (AvgIpc) is 2.75. The molecule has 0 fully saturated rings. The lowest BCUT2D eigenvalue weighted by atomic mass is 10.2. The van der Waals surface area contributed by atoms with Gasteiger partial charge < -0.3 is 25.7 Å². The van der Waals surface area contributed by atoms with Crippen molar-refractivity contribution < 1.29 is 19.8 Å². The van der Waals surface area contributed by atoms with Crippen LogP contribution in [0.5, 0.6) is 0 Å². The first-order valence-electron chi connectivity index (χ1n) is 9.61. The Labute approximate surface area is 178 Å². The SMILES string of the molecule is CCN(CC)c1nc(Nc2ccc(C(=O)O)cc2)nc(Nc2ccc(C(=O)O)cc2)n1. The van der Waals surface area contributed by atoms with Gasteiger partial charge in [0, 0.05) is 24.5 Å². The molecule has 0 saturated heterocycles. The first kappa shape index (κ1) is 21.5. The van der Waals surface area contributed by atoms with E-state index in [1.807, 2.05) is 18.7 Å². The molecule has 160 valence electrons. The molecular formula is C21H22N6O4. The predicted octanol–water partition coefficient (Wildman–Crippen LogP) is 3.60. The van der Waals surface area contributed by atoms with Gasteiger partial charge in [-0.1, -0.05) is 0 Å². The van der Waals surface area contributed by atoms with Gasteiger partial charge in [-0.15, -0.1) is 0 Å². The van der Waals surface area contributed by atoms with Gasteiger partial charge in [-0.05, 0) is 62.4 Å². The van der Waals surface area contributed by atoms with Gasteiger partial charge in [0.25, 0.3) is 0 Å². The maximum atomic E-state index is 11.0. The molecule has 3 rings (SSSR count). The average molecular weight is 422 g/mol. The fraction of sp³-hybridized carbons (Fsp3) is 0.190. The molecular weight excluding hydrogens is 400 g/mol. The van der Waals surface area contributed by atoms with E-state index in [4.69, 9.17) is 10.2 Å². The molecule has 3 aromatic rings. The third-order valence-electron chi connectivity index (χ3n) is 4.45. The second-order valence-electron chi connectivity index (χ2n) is 6.47. The summed E-state index contributed by atoms with van der Waals surface area (Å²) >= 11 is 0. The Kier molecular flexibility index (Phi) is 6.61. The Morgan fingerprint density at radius 3 is 1.45 bits per heavy atom. The third kappa shape index (κ3) is 5.44. The molecule has 0 saturated carbocycles. The molecule has 0 aliphatic rings. The van der Waals surface area contributed by atoms with Crippen LogP contribution in [0.25, 0.3) is 0 Å². The summed E-state index contributed by atoms with van der Waals surface area (Å²) in [5.74, 6) is -0.976. The van der Waals surface area contributed by atoms with E-state index in [2.05, 4.69) is 25.6 Å². The Hall–Kier alpha value is -4.21. The van der Waals surface area contributed by atoms with E-state index in [0.29, 0.717) is 30.4 Å². The summed E-state index contributed by atoms with van der Waals surface area (Å²) in [5.41, 5.74) is 1.60. The van der Waals surface area contributed by atoms with Gasteiger partial charge in [0.05, 0.1) is 11.1 Å². The highest BCUT2D eigenvalue weighted by molar-refractivity contribution is 5.88. The van der Waals surface area contributed by atoms with Crippen LogP contribution in [0.15, 0.2) is 48.5 Å². The molecule has 0 atom stereocenters. The number of rotatable bonds is 9. The minimum Gasteiger partial charge on any atom is -0.478 e. The van der Waals surface area contributed by atoms with Crippen molar-refractivity contribution >= 4 is 41.2 Å². The number of aromatic carboxylic acids is 2. The van der Waals surface area contributed by atoms with Crippen molar-refractivity contribution in [2.24, 2.45) is 0 Å². The minimum absolute atomic E-state index is 0.178. The van der Waals surface area contributed by atoms with Crippen LogP contribution in [-0.2, 0) is 0 Å². The van der Waals surface area contributed by atoms with Gasteiger partial charge in [0.15, 0.2) is 0 Å². The van der Waals surface area contributed by atoms with Crippen molar-refractivity contribution in [3.63, 3.8) is 0 Å². The molecule has 0 spiro atoms. The van der Waals surface area contributed by atoms with E-state index in [1.165, 1.54) is 24.3 Å². The van der Waals surface area contributed by atoms with Crippen LogP contribution in [0.2, 0.25) is 0 Å². The van der Waals surface area contributed by atoms with E-state index in [0.717, 1.165) is 0 Å². The second-order valence-corrected chi connectivity index (χ2v) is 6.47. The number of hydrogen-bond donors (Lipinski definition) is 4. The highest BCUT2D eigenvalue weighted by Gasteiger charge is 2.13. The number of carboxylic acid groups (broad SMARTS) is 2. The largest absolute Gasteiger partial charge is 0.478 e. The zero-order chi connectivity index (χ0) is 22.4. The lowest BCUT2D eigenvalue weighted by Crippen LogP contribution is -2.25. The summed E-state index contributed by atoms with van der Waals surface area (Å²) in [6.07, 6.45) is 0. The Bertz CT molecular complexity index is 988. The normalized spacial score (nSPS) is 10.4. The zero-order valence-electron chi connectivity index (χ0n) is 17.0. The molecule has 10 nitrogen and oxygen atoms in total. The van der Waals surface area contributed by atoms with Crippen LogP contribution in [-0.4, -0.2) is 50.2 Å². The molecule has 0 radical (unpaired) electrons. The fourth-order valence-electron chi connectivity index (χ4n) is 2.77. The van der Waals surface area contributed by atoms with Crippen LogP contribution >= 0.6 is 0 Å². The number of aromatic nitrogens is 3.